The average molecular weight is 250 g/mol. The standard InChI is InChI=1S/C10H12.C9H10/c1-4-10-6-5-8(2)7-9(10)3;1-2-6-9-7-4-3-5-8-9/h4-7H,1H2,2-3H3;2-5,7-8H,1,6H2. The molecule has 0 saturated heterocycles. The van der Waals surface area contributed by atoms with Gasteiger partial charge in [0.1, 0.15) is 0 Å². The summed E-state index contributed by atoms with van der Waals surface area (Å²) in [6.45, 7) is 11.6. The van der Waals surface area contributed by atoms with Crippen molar-refractivity contribution in [1.29, 1.82) is 0 Å². The van der Waals surface area contributed by atoms with E-state index in [0.717, 1.165) is 6.42 Å². The lowest BCUT2D eigenvalue weighted by Gasteiger charge is -1.99. The highest BCUT2D eigenvalue weighted by Gasteiger charge is 1.91. The summed E-state index contributed by atoms with van der Waals surface area (Å²) in [7, 11) is 0. The first kappa shape index (κ1) is 15.0. The van der Waals surface area contributed by atoms with Gasteiger partial charge >= 0.3 is 0 Å². The summed E-state index contributed by atoms with van der Waals surface area (Å²) in [6.07, 6.45) is 4.77. The van der Waals surface area contributed by atoms with Gasteiger partial charge in [-0.2, -0.15) is 0 Å². The number of allylic oxidation sites excluding steroid dienone is 1. The molecule has 0 heteroatoms. The highest BCUT2D eigenvalue weighted by Crippen LogP contribution is 2.10. The molecule has 2 aromatic carbocycles. The smallest absolute Gasteiger partial charge is 0.0100 e. The first-order valence-electron chi connectivity index (χ1n) is 6.52. The fraction of sp³-hybridized carbons (Fsp3) is 0.158. The zero-order valence-electron chi connectivity index (χ0n) is 11.9. The van der Waals surface area contributed by atoms with Crippen LogP contribution in [0, 0.1) is 13.8 Å². The van der Waals surface area contributed by atoms with E-state index in [1.165, 1.54) is 22.3 Å². The third-order valence-corrected chi connectivity index (χ3v) is 2.87. The lowest BCUT2D eigenvalue weighted by molar-refractivity contribution is 1.28. The highest BCUT2D eigenvalue weighted by molar-refractivity contribution is 5.52. The minimum Gasteiger partial charge on any atom is -0.103 e. The third-order valence-electron chi connectivity index (χ3n) is 2.87. The lowest BCUT2D eigenvalue weighted by atomic mass is 10.1. The molecule has 0 fully saturated rings. The summed E-state index contributed by atoms with van der Waals surface area (Å²) in [6, 6.07) is 16.7. The van der Waals surface area contributed by atoms with Crippen LogP contribution in [0.3, 0.4) is 0 Å². The number of benzene rings is 2. The first-order chi connectivity index (χ1) is 9.17. The molecule has 0 spiro atoms. The Morgan fingerprint density at radius 2 is 1.63 bits per heavy atom. The van der Waals surface area contributed by atoms with E-state index in [4.69, 9.17) is 0 Å². The molecule has 0 unspecified atom stereocenters. The van der Waals surface area contributed by atoms with E-state index in [9.17, 15) is 0 Å². The second-order valence-electron chi connectivity index (χ2n) is 4.54. The molecular weight excluding hydrogens is 228 g/mol. The molecule has 0 bridgehead atoms. The summed E-state index contributed by atoms with van der Waals surface area (Å²) < 4.78 is 0. The maximum atomic E-state index is 3.72. The quantitative estimate of drug-likeness (QED) is 0.643. The van der Waals surface area contributed by atoms with E-state index in [1.807, 2.05) is 30.4 Å². The van der Waals surface area contributed by atoms with Gasteiger partial charge in [0.2, 0.25) is 0 Å². The van der Waals surface area contributed by atoms with Crippen LogP contribution in [-0.4, -0.2) is 0 Å². The first-order valence-corrected chi connectivity index (χ1v) is 6.52. The zero-order chi connectivity index (χ0) is 14.1. The van der Waals surface area contributed by atoms with Crippen molar-refractivity contribution < 1.29 is 0 Å². The number of hydrogen-bond donors (Lipinski definition) is 0. The van der Waals surface area contributed by atoms with Crippen LogP contribution >= 0.6 is 0 Å². The molecule has 0 atom stereocenters. The van der Waals surface area contributed by atoms with Crippen molar-refractivity contribution in [3.63, 3.8) is 0 Å². The number of aryl methyl sites for hydroxylation is 2. The summed E-state index contributed by atoms with van der Waals surface area (Å²) in [5.41, 5.74) is 5.16. The zero-order valence-corrected chi connectivity index (χ0v) is 11.9. The summed E-state index contributed by atoms with van der Waals surface area (Å²) in [5, 5.41) is 0. The van der Waals surface area contributed by atoms with Gasteiger partial charge in [-0.15, -0.1) is 6.58 Å². The van der Waals surface area contributed by atoms with E-state index >= 15 is 0 Å². The highest BCUT2D eigenvalue weighted by atomic mass is 14.0. The molecule has 0 amide bonds. The normalized spacial score (nSPS) is 9.16. The van der Waals surface area contributed by atoms with Crippen LogP contribution in [0.1, 0.15) is 22.3 Å². The maximum Gasteiger partial charge on any atom is -0.0100 e. The molecule has 0 aliphatic carbocycles. The summed E-state index contributed by atoms with van der Waals surface area (Å²) in [5.74, 6) is 0. The third kappa shape index (κ3) is 5.39. The van der Waals surface area contributed by atoms with Crippen LogP contribution < -0.4 is 0 Å². The molecule has 2 aromatic rings. The van der Waals surface area contributed by atoms with Gasteiger partial charge in [-0.25, -0.2) is 0 Å². The molecule has 0 N–H and O–H groups in total. The molecule has 0 heterocycles. The Balaban J connectivity index is 0.000000191. The van der Waals surface area contributed by atoms with Gasteiger partial charge in [-0.05, 0) is 37.0 Å². The van der Waals surface area contributed by atoms with Gasteiger partial charge in [0.05, 0.1) is 0 Å². The molecule has 0 radical (unpaired) electrons. The monoisotopic (exact) mass is 250 g/mol. The Hall–Kier alpha value is -2.08. The lowest BCUT2D eigenvalue weighted by Crippen LogP contribution is -1.80. The van der Waals surface area contributed by atoms with Crippen LogP contribution in [-0.2, 0) is 6.42 Å². The molecule has 0 nitrogen and oxygen atoms in total. The van der Waals surface area contributed by atoms with Crippen molar-refractivity contribution in [1.82, 2.24) is 0 Å². The van der Waals surface area contributed by atoms with Crippen LogP contribution in [0.4, 0.5) is 0 Å². The maximum absolute atomic E-state index is 3.72. The fourth-order valence-electron chi connectivity index (χ4n) is 1.84. The van der Waals surface area contributed by atoms with Crippen molar-refractivity contribution >= 4 is 6.08 Å². The molecule has 98 valence electrons. The fourth-order valence-corrected chi connectivity index (χ4v) is 1.84. The Labute approximate surface area is 117 Å². The van der Waals surface area contributed by atoms with Crippen molar-refractivity contribution in [2.75, 3.05) is 0 Å². The van der Waals surface area contributed by atoms with Gasteiger partial charge in [-0.1, -0.05) is 72.8 Å². The van der Waals surface area contributed by atoms with Crippen molar-refractivity contribution in [3.8, 4) is 0 Å². The predicted molar refractivity (Wildman–Crippen MR) is 86.4 cm³/mol. The van der Waals surface area contributed by atoms with Gasteiger partial charge < -0.3 is 0 Å². The molecule has 0 saturated carbocycles. The molecule has 0 aliphatic rings. The second-order valence-corrected chi connectivity index (χ2v) is 4.54. The van der Waals surface area contributed by atoms with Crippen LogP contribution in [0.15, 0.2) is 67.8 Å². The largest absolute Gasteiger partial charge is 0.103 e. The Morgan fingerprint density at radius 3 is 2.16 bits per heavy atom. The van der Waals surface area contributed by atoms with Gasteiger partial charge in [-0.3, -0.25) is 0 Å². The Bertz CT molecular complexity index is 521. The van der Waals surface area contributed by atoms with E-state index in [2.05, 4.69) is 57.3 Å². The molecule has 0 aromatic heterocycles. The number of rotatable bonds is 3. The van der Waals surface area contributed by atoms with Gasteiger partial charge in [0.25, 0.3) is 0 Å². The summed E-state index contributed by atoms with van der Waals surface area (Å²) in [4.78, 5) is 0. The molecule has 19 heavy (non-hydrogen) atoms. The molecular formula is C19H22. The number of hydrogen-bond acceptors (Lipinski definition) is 0. The summed E-state index contributed by atoms with van der Waals surface area (Å²) >= 11 is 0. The van der Waals surface area contributed by atoms with Crippen molar-refractivity contribution in [2.45, 2.75) is 20.3 Å². The predicted octanol–water partition coefficient (Wildman–Crippen LogP) is 5.36. The van der Waals surface area contributed by atoms with Crippen molar-refractivity contribution in [3.05, 3.63) is 90.0 Å². The molecule has 0 aliphatic heterocycles. The second kappa shape index (κ2) is 8.10. The minimum absolute atomic E-state index is 0.973. The minimum atomic E-state index is 0.973. The van der Waals surface area contributed by atoms with E-state index in [0.29, 0.717) is 0 Å². The van der Waals surface area contributed by atoms with Crippen LogP contribution in [0.25, 0.3) is 6.08 Å². The van der Waals surface area contributed by atoms with Gasteiger partial charge in [0, 0.05) is 0 Å². The topological polar surface area (TPSA) is 0 Å². The van der Waals surface area contributed by atoms with Crippen LogP contribution in [0.2, 0.25) is 0 Å². The van der Waals surface area contributed by atoms with Gasteiger partial charge in [0.15, 0.2) is 0 Å². The Morgan fingerprint density at radius 1 is 0.947 bits per heavy atom. The van der Waals surface area contributed by atoms with Crippen molar-refractivity contribution in [2.24, 2.45) is 0 Å². The molecule has 2 rings (SSSR count). The van der Waals surface area contributed by atoms with E-state index in [1.54, 1.807) is 0 Å². The van der Waals surface area contributed by atoms with Crippen LogP contribution in [0.5, 0.6) is 0 Å². The van der Waals surface area contributed by atoms with E-state index < -0.39 is 0 Å². The van der Waals surface area contributed by atoms with E-state index in [-0.39, 0.29) is 0 Å². The SMILES string of the molecule is C=CCc1ccccc1.C=Cc1ccc(C)cc1C. The average Bonchev–Trinajstić information content (AvgIpc) is 2.41. The Kier molecular flexibility index (Phi) is 6.38.